The lowest BCUT2D eigenvalue weighted by Gasteiger charge is -2.11. The molecular formula is C22H17ClN2O4. The molecule has 0 aliphatic carbocycles. The van der Waals surface area contributed by atoms with E-state index in [0.29, 0.717) is 44.2 Å². The first-order valence-corrected chi connectivity index (χ1v) is 9.18. The summed E-state index contributed by atoms with van der Waals surface area (Å²) in [6.45, 7) is 1.74. The minimum absolute atomic E-state index is 0.0436. The van der Waals surface area contributed by atoms with Crippen LogP contribution < -0.4 is 10.1 Å². The first kappa shape index (κ1) is 18.8. The summed E-state index contributed by atoms with van der Waals surface area (Å²) >= 11 is 6.11. The number of amides is 1. The number of carbonyl (C=O) groups is 1. The predicted molar refractivity (Wildman–Crippen MR) is 112 cm³/mol. The second kappa shape index (κ2) is 7.48. The SMILES string of the molecule is COc1ccc(C(=O)Nc2cc(C)c(O)c(-c3nc4ccccc4o3)c2)cc1Cl. The molecule has 29 heavy (non-hydrogen) atoms. The zero-order valence-electron chi connectivity index (χ0n) is 15.7. The number of phenols is 1. The van der Waals surface area contributed by atoms with Crippen molar-refractivity contribution in [1.29, 1.82) is 0 Å². The van der Waals surface area contributed by atoms with Crippen LogP contribution in [0, 0.1) is 6.92 Å². The Balaban J connectivity index is 1.68. The summed E-state index contributed by atoms with van der Waals surface area (Å²) in [4.78, 5) is 17.1. The van der Waals surface area contributed by atoms with Crippen LogP contribution in [0.2, 0.25) is 5.02 Å². The van der Waals surface area contributed by atoms with Crippen molar-refractivity contribution in [1.82, 2.24) is 4.98 Å². The number of nitrogens with zero attached hydrogens (tertiary/aromatic N) is 1. The summed E-state index contributed by atoms with van der Waals surface area (Å²) in [5.41, 5.74) is 3.14. The quantitative estimate of drug-likeness (QED) is 0.440. The van der Waals surface area contributed by atoms with Crippen LogP contribution in [0.15, 0.2) is 59.0 Å². The van der Waals surface area contributed by atoms with Gasteiger partial charge >= 0.3 is 0 Å². The standard InChI is InChI=1S/C22H17ClN2O4/c1-12-9-14(24-21(27)13-7-8-18(28-2)16(23)10-13)11-15(20(12)26)22-25-17-5-3-4-6-19(17)29-22/h3-11,26H,1-2H3,(H,24,27). The number of aromatic hydroxyl groups is 1. The van der Waals surface area contributed by atoms with Gasteiger partial charge in [0.2, 0.25) is 5.89 Å². The summed E-state index contributed by atoms with van der Waals surface area (Å²) in [7, 11) is 1.51. The van der Waals surface area contributed by atoms with Crippen molar-refractivity contribution in [3.8, 4) is 23.0 Å². The fourth-order valence-electron chi connectivity index (χ4n) is 3.01. The molecule has 0 fully saturated rings. The van der Waals surface area contributed by atoms with Crippen LogP contribution in [0.25, 0.3) is 22.6 Å². The second-order valence-corrected chi connectivity index (χ2v) is 6.89. The molecule has 0 atom stereocenters. The van der Waals surface area contributed by atoms with E-state index in [1.54, 1.807) is 37.3 Å². The fraction of sp³-hybridized carbons (Fsp3) is 0.0909. The van der Waals surface area contributed by atoms with E-state index in [1.807, 2.05) is 18.2 Å². The predicted octanol–water partition coefficient (Wildman–Crippen LogP) is 5.42. The number of phenolic OH excluding ortho intramolecular Hbond substituents is 1. The Bertz CT molecular complexity index is 1200. The van der Waals surface area contributed by atoms with Crippen molar-refractivity contribution in [2.75, 3.05) is 12.4 Å². The Labute approximate surface area is 171 Å². The Morgan fingerprint density at radius 1 is 1.17 bits per heavy atom. The number of carbonyl (C=O) groups excluding carboxylic acids is 1. The molecule has 0 saturated carbocycles. The molecule has 146 valence electrons. The highest BCUT2D eigenvalue weighted by molar-refractivity contribution is 6.32. The summed E-state index contributed by atoms with van der Waals surface area (Å²) < 4.78 is 10.9. The molecule has 0 aliphatic rings. The highest BCUT2D eigenvalue weighted by Crippen LogP contribution is 2.36. The molecule has 0 spiro atoms. The van der Waals surface area contributed by atoms with Crippen LogP contribution in [-0.2, 0) is 0 Å². The largest absolute Gasteiger partial charge is 0.507 e. The molecule has 0 bridgehead atoms. The number of nitrogens with one attached hydrogen (secondary N) is 1. The Kier molecular flexibility index (Phi) is 4.86. The van der Waals surface area contributed by atoms with Crippen molar-refractivity contribution in [2.24, 2.45) is 0 Å². The van der Waals surface area contributed by atoms with Crippen molar-refractivity contribution in [2.45, 2.75) is 6.92 Å². The molecule has 4 aromatic rings. The average Bonchev–Trinajstić information content (AvgIpc) is 3.14. The van der Waals surface area contributed by atoms with E-state index in [1.165, 1.54) is 13.2 Å². The molecule has 1 amide bonds. The van der Waals surface area contributed by atoms with Crippen LogP contribution in [0.4, 0.5) is 5.69 Å². The molecule has 6 nitrogen and oxygen atoms in total. The van der Waals surface area contributed by atoms with Crippen LogP contribution >= 0.6 is 11.6 Å². The first-order valence-electron chi connectivity index (χ1n) is 8.80. The molecule has 0 saturated heterocycles. The normalized spacial score (nSPS) is 10.9. The number of benzene rings is 3. The third-order valence-electron chi connectivity index (χ3n) is 4.50. The van der Waals surface area contributed by atoms with Crippen molar-refractivity contribution >= 4 is 34.3 Å². The lowest BCUT2D eigenvalue weighted by Crippen LogP contribution is -2.12. The fourth-order valence-corrected chi connectivity index (χ4v) is 3.27. The third kappa shape index (κ3) is 3.62. The van der Waals surface area contributed by atoms with E-state index in [4.69, 9.17) is 20.8 Å². The molecule has 0 unspecified atom stereocenters. The van der Waals surface area contributed by atoms with Gasteiger partial charge in [0.05, 0.1) is 17.7 Å². The van der Waals surface area contributed by atoms with Gasteiger partial charge in [0.15, 0.2) is 5.58 Å². The highest BCUT2D eigenvalue weighted by Gasteiger charge is 2.17. The summed E-state index contributed by atoms with van der Waals surface area (Å²) in [6.07, 6.45) is 0. The number of halogens is 1. The van der Waals surface area contributed by atoms with Crippen LogP contribution in [0.1, 0.15) is 15.9 Å². The lowest BCUT2D eigenvalue weighted by molar-refractivity contribution is 0.102. The Morgan fingerprint density at radius 2 is 1.97 bits per heavy atom. The molecular weight excluding hydrogens is 392 g/mol. The number of para-hydroxylation sites is 2. The van der Waals surface area contributed by atoms with Gasteiger partial charge in [0.25, 0.3) is 5.91 Å². The molecule has 1 aromatic heterocycles. The smallest absolute Gasteiger partial charge is 0.255 e. The summed E-state index contributed by atoms with van der Waals surface area (Å²) in [5, 5.41) is 13.7. The molecule has 1 heterocycles. The van der Waals surface area contributed by atoms with Gasteiger partial charge in [-0.3, -0.25) is 4.79 Å². The molecule has 3 aromatic carbocycles. The topological polar surface area (TPSA) is 84.6 Å². The van der Waals surface area contributed by atoms with Gasteiger partial charge in [-0.25, -0.2) is 4.98 Å². The number of aromatic nitrogens is 1. The third-order valence-corrected chi connectivity index (χ3v) is 4.79. The summed E-state index contributed by atoms with van der Waals surface area (Å²) in [6, 6.07) is 15.4. The monoisotopic (exact) mass is 408 g/mol. The maximum atomic E-state index is 12.6. The van der Waals surface area contributed by atoms with Gasteiger partial charge in [-0.1, -0.05) is 23.7 Å². The van der Waals surface area contributed by atoms with Gasteiger partial charge in [-0.2, -0.15) is 0 Å². The lowest BCUT2D eigenvalue weighted by atomic mass is 10.1. The van der Waals surface area contributed by atoms with Gasteiger partial charge in [0, 0.05) is 11.3 Å². The van der Waals surface area contributed by atoms with E-state index < -0.39 is 0 Å². The van der Waals surface area contributed by atoms with Crippen molar-refractivity contribution in [3.63, 3.8) is 0 Å². The number of methoxy groups -OCH3 is 1. The molecule has 4 rings (SSSR count). The zero-order valence-corrected chi connectivity index (χ0v) is 16.4. The van der Waals surface area contributed by atoms with Crippen LogP contribution in [0.5, 0.6) is 11.5 Å². The number of fused-ring (bicyclic) bond motifs is 1. The van der Waals surface area contributed by atoms with Crippen LogP contribution in [-0.4, -0.2) is 23.1 Å². The number of oxazole rings is 1. The van der Waals surface area contributed by atoms with Gasteiger partial charge in [-0.15, -0.1) is 0 Å². The maximum Gasteiger partial charge on any atom is 0.255 e. The van der Waals surface area contributed by atoms with Gasteiger partial charge < -0.3 is 19.6 Å². The number of hydrogen-bond donors (Lipinski definition) is 2. The Hall–Kier alpha value is -3.51. The molecule has 0 radical (unpaired) electrons. The zero-order chi connectivity index (χ0) is 20.5. The average molecular weight is 409 g/mol. The van der Waals surface area contributed by atoms with E-state index in [0.717, 1.165) is 0 Å². The second-order valence-electron chi connectivity index (χ2n) is 6.48. The minimum Gasteiger partial charge on any atom is -0.507 e. The number of anilines is 1. The van der Waals surface area contributed by atoms with Crippen LogP contribution in [0.3, 0.4) is 0 Å². The number of ether oxygens (including phenoxy) is 1. The van der Waals surface area contributed by atoms with E-state index in [9.17, 15) is 9.90 Å². The first-order chi connectivity index (χ1) is 14.0. The highest BCUT2D eigenvalue weighted by atomic mass is 35.5. The summed E-state index contributed by atoms with van der Waals surface area (Å²) in [5.74, 6) is 0.461. The van der Waals surface area contributed by atoms with Crippen molar-refractivity contribution in [3.05, 3.63) is 70.7 Å². The molecule has 0 aliphatic heterocycles. The maximum absolute atomic E-state index is 12.6. The number of rotatable bonds is 4. The van der Waals surface area contributed by atoms with Gasteiger partial charge in [0.1, 0.15) is 17.0 Å². The van der Waals surface area contributed by atoms with E-state index >= 15 is 0 Å². The number of hydrogen-bond acceptors (Lipinski definition) is 5. The number of aryl methyl sites for hydroxylation is 1. The molecule has 7 heteroatoms. The Morgan fingerprint density at radius 3 is 2.69 bits per heavy atom. The van der Waals surface area contributed by atoms with Gasteiger partial charge in [-0.05, 0) is 55.0 Å². The minimum atomic E-state index is -0.344. The van der Waals surface area contributed by atoms with E-state index in [-0.39, 0.29) is 17.5 Å². The molecule has 2 N–H and O–H groups in total. The van der Waals surface area contributed by atoms with E-state index in [2.05, 4.69) is 10.3 Å². The van der Waals surface area contributed by atoms with Crippen molar-refractivity contribution < 1.29 is 19.1 Å².